The van der Waals surface area contributed by atoms with Crippen LogP contribution in [0.3, 0.4) is 0 Å². The van der Waals surface area contributed by atoms with Crippen molar-refractivity contribution in [1.29, 1.82) is 0 Å². The van der Waals surface area contributed by atoms with E-state index in [0.29, 0.717) is 11.8 Å². The van der Waals surface area contributed by atoms with Crippen LogP contribution in [0.15, 0.2) is 12.1 Å². The zero-order chi connectivity index (χ0) is 11.0. The number of likely N-dealkylation sites (N-methyl/N-ethyl adjacent to an activating group) is 1. The molecule has 0 saturated heterocycles. The average molecular weight is 286 g/mol. The van der Waals surface area contributed by atoms with E-state index in [0.717, 1.165) is 24.8 Å². The molecule has 1 aromatic rings. The lowest BCUT2D eigenvalue weighted by atomic mass is 9.86. The third-order valence-electron chi connectivity index (χ3n) is 3.49. The van der Waals surface area contributed by atoms with Gasteiger partial charge in [0.25, 0.3) is 0 Å². The third kappa shape index (κ3) is 2.41. The van der Waals surface area contributed by atoms with Crippen LogP contribution in [0, 0.1) is 6.92 Å². The Balaban J connectivity index is 0.00000128. The highest BCUT2D eigenvalue weighted by molar-refractivity contribution is 8.93. The second kappa shape index (κ2) is 5.19. The largest absolute Gasteiger partial charge is 0.507 e. The van der Waals surface area contributed by atoms with E-state index >= 15 is 0 Å². The normalized spacial score (nSPS) is 19.1. The summed E-state index contributed by atoms with van der Waals surface area (Å²) in [6, 6.07) is 4.81. The minimum atomic E-state index is 0. The number of phenols is 1. The Labute approximate surface area is 108 Å². The topological polar surface area (TPSA) is 23.5 Å². The van der Waals surface area contributed by atoms with Gasteiger partial charge in [0, 0.05) is 6.04 Å². The number of rotatable bonds is 1. The van der Waals surface area contributed by atoms with Gasteiger partial charge >= 0.3 is 0 Å². The van der Waals surface area contributed by atoms with Crippen LogP contribution in [-0.2, 0) is 12.8 Å². The van der Waals surface area contributed by atoms with Gasteiger partial charge in [-0.3, -0.25) is 0 Å². The van der Waals surface area contributed by atoms with Crippen LogP contribution in [0.5, 0.6) is 5.75 Å². The van der Waals surface area contributed by atoms with Gasteiger partial charge < -0.3 is 10.0 Å². The molecule has 1 aliphatic rings. The van der Waals surface area contributed by atoms with E-state index < -0.39 is 0 Å². The van der Waals surface area contributed by atoms with Crippen molar-refractivity contribution in [2.75, 3.05) is 14.1 Å². The fraction of sp³-hybridized carbons (Fsp3) is 0.538. The van der Waals surface area contributed by atoms with Crippen LogP contribution in [0.2, 0.25) is 0 Å². The van der Waals surface area contributed by atoms with E-state index in [1.54, 1.807) is 0 Å². The molecule has 16 heavy (non-hydrogen) atoms. The second-order valence-corrected chi connectivity index (χ2v) is 4.73. The lowest BCUT2D eigenvalue weighted by Gasteiger charge is -2.30. The first-order chi connectivity index (χ1) is 7.09. The Bertz CT molecular complexity index is 376. The number of aryl methyl sites for hydroxylation is 1. The highest BCUT2D eigenvalue weighted by Crippen LogP contribution is 2.32. The summed E-state index contributed by atoms with van der Waals surface area (Å²) < 4.78 is 0. The van der Waals surface area contributed by atoms with E-state index in [1.165, 1.54) is 11.1 Å². The molecule has 0 radical (unpaired) electrons. The van der Waals surface area contributed by atoms with Gasteiger partial charge in [-0.05, 0) is 57.0 Å². The molecule has 1 N–H and O–H groups in total. The molecular formula is C13H20BrNO. The van der Waals surface area contributed by atoms with Crippen molar-refractivity contribution >= 4 is 17.0 Å². The zero-order valence-corrected chi connectivity index (χ0v) is 11.9. The maximum atomic E-state index is 9.95. The minimum absolute atomic E-state index is 0. The third-order valence-corrected chi connectivity index (χ3v) is 3.49. The van der Waals surface area contributed by atoms with Crippen molar-refractivity contribution in [2.24, 2.45) is 0 Å². The van der Waals surface area contributed by atoms with E-state index in [1.807, 2.05) is 13.0 Å². The van der Waals surface area contributed by atoms with Crippen LogP contribution >= 0.6 is 17.0 Å². The predicted molar refractivity (Wildman–Crippen MR) is 72.7 cm³/mol. The van der Waals surface area contributed by atoms with Gasteiger partial charge in [0.05, 0.1) is 0 Å². The van der Waals surface area contributed by atoms with Crippen molar-refractivity contribution in [3.63, 3.8) is 0 Å². The lowest BCUT2D eigenvalue weighted by Crippen LogP contribution is -2.33. The maximum absolute atomic E-state index is 9.95. The SMILES string of the molecule is Br.Cc1ccc2c(c1O)CCC(N(C)C)C2. The lowest BCUT2D eigenvalue weighted by molar-refractivity contribution is 0.266. The molecule has 1 atom stereocenters. The summed E-state index contributed by atoms with van der Waals surface area (Å²) in [5.41, 5.74) is 3.49. The van der Waals surface area contributed by atoms with Gasteiger partial charge in [-0.25, -0.2) is 0 Å². The van der Waals surface area contributed by atoms with E-state index in [-0.39, 0.29) is 17.0 Å². The Morgan fingerprint density at radius 2 is 2.00 bits per heavy atom. The van der Waals surface area contributed by atoms with Crippen molar-refractivity contribution < 1.29 is 5.11 Å². The Morgan fingerprint density at radius 3 is 2.62 bits per heavy atom. The summed E-state index contributed by atoms with van der Waals surface area (Å²) in [7, 11) is 4.26. The molecule has 2 nitrogen and oxygen atoms in total. The molecule has 0 aromatic heterocycles. The van der Waals surface area contributed by atoms with Gasteiger partial charge in [0.2, 0.25) is 0 Å². The van der Waals surface area contributed by atoms with Gasteiger partial charge in [0.1, 0.15) is 5.75 Å². The molecule has 0 amide bonds. The monoisotopic (exact) mass is 285 g/mol. The number of phenolic OH excluding ortho intramolecular Hbond substituents is 1. The summed E-state index contributed by atoms with van der Waals surface area (Å²) in [6.45, 7) is 1.97. The number of hydrogen-bond acceptors (Lipinski definition) is 2. The first-order valence-electron chi connectivity index (χ1n) is 5.56. The Hall–Kier alpha value is -0.540. The van der Waals surface area contributed by atoms with Gasteiger partial charge in [-0.1, -0.05) is 12.1 Å². The summed E-state index contributed by atoms with van der Waals surface area (Å²) in [5.74, 6) is 0.518. The molecule has 1 unspecified atom stereocenters. The predicted octanol–water partition coefficient (Wildman–Crippen LogP) is 2.70. The molecule has 0 bridgehead atoms. The van der Waals surface area contributed by atoms with Crippen molar-refractivity contribution in [1.82, 2.24) is 4.90 Å². The summed E-state index contributed by atoms with van der Waals surface area (Å²) >= 11 is 0. The number of hydrogen-bond donors (Lipinski definition) is 1. The smallest absolute Gasteiger partial charge is 0.121 e. The first-order valence-corrected chi connectivity index (χ1v) is 5.56. The molecule has 0 fully saturated rings. The van der Waals surface area contributed by atoms with E-state index in [2.05, 4.69) is 25.1 Å². The molecule has 0 aliphatic heterocycles. The fourth-order valence-electron chi connectivity index (χ4n) is 2.37. The second-order valence-electron chi connectivity index (χ2n) is 4.73. The van der Waals surface area contributed by atoms with Gasteiger partial charge in [0.15, 0.2) is 0 Å². The quantitative estimate of drug-likeness (QED) is 0.858. The molecule has 90 valence electrons. The number of benzene rings is 1. The molecule has 1 aromatic carbocycles. The standard InChI is InChI=1S/C13H19NO.BrH/c1-9-4-5-10-8-11(14(2)3)6-7-12(10)13(9)15;/h4-5,11,15H,6-8H2,1-3H3;1H. The molecular weight excluding hydrogens is 266 g/mol. The van der Waals surface area contributed by atoms with Crippen molar-refractivity contribution in [3.8, 4) is 5.75 Å². The van der Waals surface area contributed by atoms with Crippen molar-refractivity contribution in [3.05, 3.63) is 28.8 Å². The minimum Gasteiger partial charge on any atom is -0.507 e. The van der Waals surface area contributed by atoms with Gasteiger partial charge in [-0.2, -0.15) is 0 Å². The summed E-state index contributed by atoms with van der Waals surface area (Å²) in [5, 5.41) is 9.95. The number of fused-ring (bicyclic) bond motifs is 1. The molecule has 3 heteroatoms. The van der Waals surface area contributed by atoms with Crippen LogP contribution in [0.1, 0.15) is 23.1 Å². The Morgan fingerprint density at radius 1 is 1.31 bits per heavy atom. The highest BCUT2D eigenvalue weighted by Gasteiger charge is 2.22. The van der Waals surface area contributed by atoms with Gasteiger partial charge in [-0.15, -0.1) is 17.0 Å². The molecule has 1 aliphatic carbocycles. The van der Waals surface area contributed by atoms with Crippen molar-refractivity contribution in [2.45, 2.75) is 32.2 Å². The molecule has 2 rings (SSSR count). The zero-order valence-electron chi connectivity index (χ0n) is 10.2. The number of nitrogens with zero attached hydrogens (tertiary/aromatic N) is 1. The van der Waals surface area contributed by atoms with Crippen LogP contribution in [-0.4, -0.2) is 30.1 Å². The fourth-order valence-corrected chi connectivity index (χ4v) is 2.37. The van der Waals surface area contributed by atoms with Crippen LogP contribution in [0.25, 0.3) is 0 Å². The summed E-state index contributed by atoms with van der Waals surface area (Å²) in [6.07, 6.45) is 3.22. The van der Waals surface area contributed by atoms with E-state index in [4.69, 9.17) is 0 Å². The molecule has 0 saturated carbocycles. The maximum Gasteiger partial charge on any atom is 0.121 e. The van der Waals surface area contributed by atoms with E-state index in [9.17, 15) is 5.11 Å². The molecule has 0 heterocycles. The number of aromatic hydroxyl groups is 1. The highest BCUT2D eigenvalue weighted by atomic mass is 79.9. The molecule has 0 spiro atoms. The first kappa shape index (κ1) is 13.5. The van der Waals surface area contributed by atoms with Crippen LogP contribution in [0.4, 0.5) is 0 Å². The summed E-state index contributed by atoms with van der Waals surface area (Å²) in [4.78, 5) is 2.28. The van der Waals surface area contributed by atoms with Crippen LogP contribution < -0.4 is 0 Å². The number of halogens is 1. The Kier molecular flexibility index (Phi) is 4.39. The average Bonchev–Trinajstić information content (AvgIpc) is 2.23.